The van der Waals surface area contributed by atoms with Crippen molar-refractivity contribution in [2.24, 2.45) is 5.73 Å². The van der Waals surface area contributed by atoms with E-state index in [1.54, 1.807) is 6.26 Å². The minimum Gasteiger partial charge on any atom is -0.333 e. The van der Waals surface area contributed by atoms with Crippen molar-refractivity contribution in [1.29, 1.82) is 0 Å². The maximum Gasteiger partial charge on any atom is 0.0948 e. The smallest absolute Gasteiger partial charge is 0.0948 e. The van der Waals surface area contributed by atoms with Gasteiger partial charge in [0.05, 0.1) is 18.1 Å². The summed E-state index contributed by atoms with van der Waals surface area (Å²) in [5.74, 6) is 0. The molecule has 3 atom stereocenters. The molecule has 21 heavy (non-hydrogen) atoms. The highest BCUT2D eigenvalue weighted by molar-refractivity contribution is 7.84. The molecule has 0 aliphatic rings. The van der Waals surface area contributed by atoms with Crippen LogP contribution in [0, 0.1) is 0 Å². The first-order valence-corrected chi connectivity index (χ1v) is 8.82. The van der Waals surface area contributed by atoms with Crippen molar-refractivity contribution >= 4 is 10.8 Å². The molecule has 1 aromatic heterocycles. The third-order valence-corrected chi connectivity index (χ3v) is 5.13. The third kappa shape index (κ3) is 4.51. The summed E-state index contributed by atoms with van der Waals surface area (Å²) in [7, 11) is -0.786. The minimum absolute atomic E-state index is 0.0719. The monoisotopic (exact) mass is 305 g/mol. The fourth-order valence-corrected chi connectivity index (χ4v) is 2.72. The van der Waals surface area contributed by atoms with Gasteiger partial charge in [0.2, 0.25) is 0 Å². The number of aromatic nitrogens is 2. The zero-order valence-electron chi connectivity index (χ0n) is 12.6. The quantitative estimate of drug-likeness (QED) is 0.853. The molecule has 114 valence electrons. The average Bonchev–Trinajstić information content (AvgIpc) is 2.94. The lowest BCUT2D eigenvalue weighted by Gasteiger charge is -2.16. The van der Waals surface area contributed by atoms with E-state index in [4.69, 9.17) is 5.73 Å². The van der Waals surface area contributed by atoms with E-state index >= 15 is 0 Å². The third-order valence-electron chi connectivity index (χ3n) is 3.77. The molecule has 0 radical (unpaired) electrons. The van der Waals surface area contributed by atoms with Crippen molar-refractivity contribution in [2.45, 2.75) is 37.6 Å². The second kappa shape index (κ2) is 7.52. The Kier molecular flexibility index (Phi) is 5.70. The molecule has 0 aliphatic carbocycles. The van der Waals surface area contributed by atoms with Crippen LogP contribution in [0.3, 0.4) is 0 Å². The predicted molar refractivity (Wildman–Crippen MR) is 87.4 cm³/mol. The highest BCUT2D eigenvalue weighted by atomic mass is 32.2. The summed E-state index contributed by atoms with van der Waals surface area (Å²) in [5, 5.41) is 0.186. The highest BCUT2D eigenvalue weighted by Crippen LogP contribution is 2.16. The van der Waals surface area contributed by atoms with Crippen molar-refractivity contribution in [2.75, 3.05) is 6.26 Å². The molecule has 0 amide bonds. The largest absolute Gasteiger partial charge is 0.333 e. The van der Waals surface area contributed by atoms with E-state index < -0.39 is 10.8 Å². The maximum absolute atomic E-state index is 11.4. The van der Waals surface area contributed by atoms with Gasteiger partial charge in [-0.3, -0.25) is 4.21 Å². The van der Waals surface area contributed by atoms with E-state index in [0.29, 0.717) is 0 Å². The zero-order chi connectivity index (χ0) is 15.2. The summed E-state index contributed by atoms with van der Waals surface area (Å²) in [6.07, 6.45) is 7.06. The van der Waals surface area contributed by atoms with Crippen LogP contribution in [0.5, 0.6) is 0 Å². The molecule has 0 fully saturated rings. The Morgan fingerprint density at radius 2 is 2.05 bits per heavy atom. The van der Waals surface area contributed by atoms with E-state index in [2.05, 4.69) is 21.7 Å². The van der Waals surface area contributed by atoms with E-state index in [1.165, 1.54) is 5.56 Å². The first-order valence-electron chi connectivity index (χ1n) is 7.19. The Hall–Kier alpha value is -1.46. The Morgan fingerprint density at radius 1 is 1.33 bits per heavy atom. The van der Waals surface area contributed by atoms with Gasteiger partial charge in [0.1, 0.15) is 0 Å². The molecule has 2 unspecified atom stereocenters. The van der Waals surface area contributed by atoms with Crippen LogP contribution >= 0.6 is 0 Å². The van der Waals surface area contributed by atoms with Crippen LogP contribution in [-0.2, 0) is 23.8 Å². The predicted octanol–water partition coefficient (Wildman–Crippen LogP) is 2.28. The lowest BCUT2D eigenvalue weighted by molar-refractivity contribution is 0.568. The number of imidazole rings is 1. The van der Waals surface area contributed by atoms with Crippen LogP contribution < -0.4 is 5.73 Å². The molecule has 2 rings (SSSR count). The van der Waals surface area contributed by atoms with Crippen LogP contribution in [0.4, 0.5) is 0 Å². The molecule has 0 saturated carbocycles. The summed E-state index contributed by atoms with van der Waals surface area (Å²) in [6, 6.07) is 10.2. The molecule has 2 N–H and O–H groups in total. The fourth-order valence-electron chi connectivity index (χ4n) is 2.29. The number of nitrogens with two attached hydrogens (primary N) is 1. The summed E-state index contributed by atoms with van der Waals surface area (Å²) < 4.78 is 13.5. The number of aryl methyl sites for hydroxylation is 1. The number of benzene rings is 1. The fraction of sp³-hybridized carbons (Fsp3) is 0.438. The Balaban J connectivity index is 2.00. The molecule has 1 heterocycles. The van der Waals surface area contributed by atoms with E-state index in [1.807, 2.05) is 37.6 Å². The summed E-state index contributed by atoms with van der Waals surface area (Å²) in [5.41, 5.74) is 8.58. The standard InChI is InChI=1S/C16H23N3OS/c1-13(21(2)20)8-9-19-12-18-11-16(19)15(17)10-14-6-4-3-5-7-14/h3-7,11-13,15H,8-10,17H2,1-2H3/t13?,15-,21?/m1/s1. The Morgan fingerprint density at radius 3 is 2.71 bits per heavy atom. The number of hydrogen-bond acceptors (Lipinski definition) is 3. The zero-order valence-corrected chi connectivity index (χ0v) is 13.4. The van der Waals surface area contributed by atoms with Crippen molar-refractivity contribution in [3.63, 3.8) is 0 Å². The molecule has 0 aliphatic heterocycles. The molecule has 5 heteroatoms. The van der Waals surface area contributed by atoms with Crippen molar-refractivity contribution in [3.8, 4) is 0 Å². The normalized spacial score (nSPS) is 15.6. The van der Waals surface area contributed by atoms with Crippen LogP contribution in [0.25, 0.3) is 0 Å². The lowest BCUT2D eigenvalue weighted by Crippen LogP contribution is -2.19. The SMILES string of the molecule is CC(CCn1cncc1[C@H](N)Cc1ccccc1)S(C)=O. The summed E-state index contributed by atoms with van der Waals surface area (Å²) in [4.78, 5) is 4.21. The minimum atomic E-state index is -0.786. The lowest BCUT2D eigenvalue weighted by atomic mass is 10.0. The second-order valence-electron chi connectivity index (χ2n) is 5.41. The number of rotatable bonds is 7. The van der Waals surface area contributed by atoms with Gasteiger partial charge in [-0.1, -0.05) is 37.3 Å². The number of hydrogen-bond donors (Lipinski definition) is 1. The van der Waals surface area contributed by atoms with Crippen molar-refractivity contribution in [1.82, 2.24) is 9.55 Å². The van der Waals surface area contributed by atoms with Gasteiger partial charge in [-0.2, -0.15) is 0 Å². The molecule has 4 nitrogen and oxygen atoms in total. The van der Waals surface area contributed by atoms with E-state index in [9.17, 15) is 4.21 Å². The van der Waals surface area contributed by atoms with Crippen LogP contribution in [0.15, 0.2) is 42.9 Å². The first kappa shape index (κ1) is 15.9. The van der Waals surface area contributed by atoms with Gasteiger partial charge in [-0.25, -0.2) is 4.98 Å². The van der Waals surface area contributed by atoms with Gasteiger partial charge >= 0.3 is 0 Å². The van der Waals surface area contributed by atoms with E-state index in [-0.39, 0.29) is 11.3 Å². The first-order chi connectivity index (χ1) is 10.1. The molecular formula is C16H23N3OS. The molecule has 1 aromatic carbocycles. The summed E-state index contributed by atoms with van der Waals surface area (Å²) in [6.45, 7) is 2.81. The Labute approximate surface area is 128 Å². The average molecular weight is 305 g/mol. The topological polar surface area (TPSA) is 60.9 Å². The maximum atomic E-state index is 11.4. The molecule has 0 spiro atoms. The van der Waals surface area contributed by atoms with Gasteiger partial charge in [0.15, 0.2) is 0 Å². The molecular weight excluding hydrogens is 282 g/mol. The highest BCUT2D eigenvalue weighted by Gasteiger charge is 2.13. The Bertz CT molecular complexity index is 582. The second-order valence-corrected chi connectivity index (χ2v) is 7.21. The molecule has 2 aromatic rings. The summed E-state index contributed by atoms with van der Waals surface area (Å²) >= 11 is 0. The van der Waals surface area contributed by atoms with E-state index in [0.717, 1.165) is 25.1 Å². The molecule has 0 saturated heterocycles. The molecule has 0 bridgehead atoms. The van der Waals surface area contributed by atoms with Gasteiger partial charge in [-0.05, 0) is 18.4 Å². The van der Waals surface area contributed by atoms with Gasteiger partial charge in [0.25, 0.3) is 0 Å². The number of nitrogens with zero attached hydrogens (tertiary/aromatic N) is 2. The van der Waals surface area contributed by atoms with Crippen molar-refractivity contribution < 1.29 is 4.21 Å². The van der Waals surface area contributed by atoms with Gasteiger partial charge < -0.3 is 10.3 Å². The van der Waals surface area contributed by atoms with Gasteiger partial charge in [-0.15, -0.1) is 0 Å². The van der Waals surface area contributed by atoms with Crippen LogP contribution in [-0.4, -0.2) is 25.3 Å². The van der Waals surface area contributed by atoms with Gasteiger partial charge in [0, 0.05) is 35.0 Å². The van der Waals surface area contributed by atoms with Crippen LogP contribution in [0.1, 0.15) is 30.6 Å². The van der Waals surface area contributed by atoms with Crippen LogP contribution in [0.2, 0.25) is 0 Å². The van der Waals surface area contributed by atoms with Crippen molar-refractivity contribution in [3.05, 3.63) is 54.1 Å².